The Bertz CT molecular complexity index is 1450. The molecule has 4 aromatic rings. The number of rotatable bonds is 5. The van der Waals surface area contributed by atoms with Crippen LogP contribution < -0.4 is 10.6 Å². The summed E-state index contributed by atoms with van der Waals surface area (Å²) < 4.78 is 0. The SMILES string of the molecule is c1cc2nc(C34CCC(c5cnc([C@@H]6CCCN6)[nH]5)(CC3)CC4)ccc2cc1-c1c[nH]c([C@@H]2CCCN2)n1. The molecule has 38 heavy (non-hydrogen) atoms. The van der Waals surface area contributed by atoms with E-state index < -0.39 is 0 Å². The number of benzene rings is 1. The summed E-state index contributed by atoms with van der Waals surface area (Å²) in [5, 5.41) is 8.31. The molecule has 2 aliphatic heterocycles. The molecule has 3 saturated carbocycles. The fourth-order valence-corrected chi connectivity index (χ4v) is 7.84. The Balaban J connectivity index is 1.01. The molecule has 0 spiro atoms. The van der Waals surface area contributed by atoms with Crippen LogP contribution in [0, 0.1) is 0 Å². The van der Waals surface area contributed by atoms with E-state index in [4.69, 9.17) is 15.0 Å². The van der Waals surface area contributed by atoms with Crippen LogP contribution in [0.1, 0.15) is 99.3 Å². The first-order chi connectivity index (χ1) is 18.7. The van der Waals surface area contributed by atoms with Crippen LogP contribution in [0.2, 0.25) is 0 Å². The van der Waals surface area contributed by atoms with Gasteiger partial charge in [-0.2, -0.15) is 0 Å². The molecule has 0 amide bonds. The van der Waals surface area contributed by atoms with Crippen molar-refractivity contribution in [3.05, 3.63) is 65.8 Å². The van der Waals surface area contributed by atoms with Crippen molar-refractivity contribution in [2.24, 2.45) is 0 Å². The van der Waals surface area contributed by atoms with Crippen LogP contribution in [0.15, 0.2) is 42.7 Å². The third-order valence-corrected chi connectivity index (χ3v) is 10.3. The maximum atomic E-state index is 5.25. The molecule has 2 bridgehead atoms. The Morgan fingerprint density at radius 1 is 0.763 bits per heavy atom. The van der Waals surface area contributed by atoms with E-state index in [1.54, 1.807) is 0 Å². The highest BCUT2D eigenvalue weighted by molar-refractivity contribution is 5.84. The Morgan fingerprint density at radius 2 is 1.50 bits per heavy atom. The predicted molar refractivity (Wildman–Crippen MR) is 149 cm³/mol. The van der Waals surface area contributed by atoms with Gasteiger partial charge in [0.05, 0.1) is 23.3 Å². The topological polar surface area (TPSA) is 94.3 Å². The predicted octanol–water partition coefficient (Wildman–Crippen LogP) is 5.74. The van der Waals surface area contributed by atoms with Gasteiger partial charge < -0.3 is 20.6 Å². The molecule has 0 unspecified atom stereocenters. The highest BCUT2D eigenvalue weighted by Gasteiger charge is 2.51. The van der Waals surface area contributed by atoms with E-state index in [-0.39, 0.29) is 10.8 Å². The van der Waals surface area contributed by atoms with Crippen LogP contribution in [0.3, 0.4) is 0 Å². The zero-order chi connectivity index (χ0) is 25.2. The van der Waals surface area contributed by atoms with Gasteiger partial charge >= 0.3 is 0 Å². The minimum absolute atomic E-state index is 0.218. The van der Waals surface area contributed by atoms with Gasteiger partial charge in [-0.1, -0.05) is 12.1 Å². The molecule has 7 nitrogen and oxygen atoms in total. The van der Waals surface area contributed by atoms with Crippen LogP contribution in [0.25, 0.3) is 22.2 Å². The number of nitrogens with one attached hydrogen (secondary N) is 4. The van der Waals surface area contributed by atoms with Crippen LogP contribution >= 0.6 is 0 Å². The van der Waals surface area contributed by atoms with Gasteiger partial charge in [0, 0.05) is 45.6 Å². The second-order valence-electron chi connectivity index (χ2n) is 12.3. The molecule has 3 aliphatic carbocycles. The molecular formula is C31H37N7. The number of fused-ring (bicyclic) bond motifs is 4. The fourth-order valence-electron chi connectivity index (χ4n) is 7.84. The molecule has 2 atom stereocenters. The van der Waals surface area contributed by atoms with Crippen molar-refractivity contribution in [2.75, 3.05) is 13.1 Å². The second kappa shape index (κ2) is 8.75. The maximum Gasteiger partial charge on any atom is 0.124 e. The van der Waals surface area contributed by atoms with Crippen molar-refractivity contribution in [3.8, 4) is 11.3 Å². The Morgan fingerprint density at radius 3 is 2.24 bits per heavy atom. The standard InChI is InChI=1S/C31H37N7/c1-3-23(32-15-1)28-34-18-25(37-28)21-5-7-22-20(17-21)6-8-26(36-22)30-9-12-31(13-10-30,14-11-30)27-19-35-29(38-27)24-4-2-16-33-24/h5-8,17-19,23-24,32-33H,1-4,9-16H2,(H,34,37)(H,35,38)/t23-,24-,30?,31?/m0/s1. The molecule has 9 rings (SSSR count). The lowest BCUT2D eigenvalue weighted by molar-refractivity contribution is 0.0961. The summed E-state index contributed by atoms with van der Waals surface area (Å²) in [6.07, 6.45) is 16.3. The number of aromatic amines is 2. The normalized spacial score (nSPS) is 30.9. The number of imidazole rings is 2. The maximum absolute atomic E-state index is 5.25. The zero-order valence-electron chi connectivity index (χ0n) is 22.0. The summed E-state index contributed by atoms with van der Waals surface area (Å²) in [6.45, 7) is 2.19. The van der Waals surface area contributed by atoms with Crippen molar-refractivity contribution in [1.82, 2.24) is 35.6 Å². The van der Waals surface area contributed by atoms with E-state index in [1.165, 1.54) is 74.6 Å². The quantitative estimate of drug-likeness (QED) is 0.276. The van der Waals surface area contributed by atoms with Gasteiger partial charge in [0.1, 0.15) is 11.6 Å². The van der Waals surface area contributed by atoms with Gasteiger partial charge in [-0.05, 0) is 95.5 Å². The number of nitrogens with zero attached hydrogens (tertiary/aromatic N) is 3. The lowest BCUT2D eigenvalue weighted by Crippen LogP contribution is -2.47. The summed E-state index contributed by atoms with van der Waals surface area (Å²) in [5.41, 5.74) is 6.42. The highest BCUT2D eigenvalue weighted by Crippen LogP contribution is 2.58. The lowest BCUT2D eigenvalue weighted by atomic mass is 9.52. The summed E-state index contributed by atoms with van der Waals surface area (Å²) >= 11 is 0. The molecule has 5 aliphatic rings. The Kier molecular flexibility index (Phi) is 5.27. The Labute approximate surface area is 223 Å². The van der Waals surface area contributed by atoms with Gasteiger partial charge in [-0.25, -0.2) is 9.97 Å². The summed E-state index contributed by atoms with van der Waals surface area (Å²) in [6, 6.07) is 12.0. The molecule has 2 saturated heterocycles. The number of hydrogen-bond acceptors (Lipinski definition) is 5. The minimum atomic E-state index is 0.218. The zero-order valence-corrected chi connectivity index (χ0v) is 22.0. The van der Waals surface area contributed by atoms with E-state index >= 15 is 0 Å². The smallest absolute Gasteiger partial charge is 0.124 e. The first kappa shape index (κ1) is 22.9. The molecule has 0 radical (unpaired) electrons. The summed E-state index contributed by atoms with van der Waals surface area (Å²) in [4.78, 5) is 22.1. The average Bonchev–Trinajstić information content (AvgIpc) is 3.80. The largest absolute Gasteiger partial charge is 0.347 e. The first-order valence-corrected chi connectivity index (χ1v) is 14.7. The van der Waals surface area contributed by atoms with E-state index in [0.29, 0.717) is 12.1 Å². The van der Waals surface area contributed by atoms with Crippen molar-refractivity contribution in [3.63, 3.8) is 0 Å². The molecule has 7 heteroatoms. The number of aromatic nitrogens is 5. The molecular weight excluding hydrogens is 470 g/mol. The van der Waals surface area contributed by atoms with Gasteiger partial charge in [-0.3, -0.25) is 4.98 Å². The van der Waals surface area contributed by atoms with Crippen LogP contribution in [0.4, 0.5) is 0 Å². The fraction of sp³-hybridized carbons (Fsp3) is 0.516. The lowest BCUT2D eigenvalue weighted by Gasteiger charge is -2.53. The number of H-pyrrole nitrogens is 2. The molecule has 3 aromatic heterocycles. The van der Waals surface area contributed by atoms with E-state index in [2.05, 4.69) is 57.1 Å². The third kappa shape index (κ3) is 3.66. The van der Waals surface area contributed by atoms with Crippen molar-refractivity contribution in [2.45, 2.75) is 87.1 Å². The van der Waals surface area contributed by atoms with Crippen LogP contribution in [0.5, 0.6) is 0 Å². The molecule has 196 valence electrons. The number of hydrogen-bond donors (Lipinski definition) is 4. The summed E-state index contributed by atoms with van der Waals surface area (Å²) in [7, 11) is 0. The van der Waals surface area contributed by atoms with Gasteiger partial charge in [0.25, 0.3) is 0 Å². The van der Waals surface area contributed by atoms with Gasteiger partial charge in [0.2, 0.25) is 0 Å². The molecule has 1 aromatic carbocycles. The molecule has 5 fully saturated rings. The van der Waals surface area contributed by atoms with E-state index in [0.717, 1.165) is 47.9 Å². The van der Waals surface area contributed by atoms with Crippen molar-refractivity contribution >= 4 is 10.9 Å². The van der Waals surface area contributed by atoms with Crippen molar-refractivity contribution < 1.29 is 0 Å². The molecule has 4 N–H and O–H groups in total. The Hall–Kier alpha value is -3.03. The van der Waals surface area contributed by atoms with E-state index in [9.17, 15) is 0 Å². The van der Waals surface area contributed by atoms with Crippen LogP contribution in [-0.2, 0) is 10.8 Å². The van der Waals surface area contributed by atoms with E-state index in [1.807, 2.05) is 6.20 Å². The molecule has 5 heterocycles. The van der Waals surface area contributed by atoms with Gasteiger partial charge in [-0.15, -0.1) is 0 Å². The van der Waals surface area contributed by atoms with Crippen LogP contribution in [-0.4, -0.2) is 38.0 Å². The minimum Gasteiger partial charge on any atom is -0.347 e. The second-order valence-corrected chi connectivity index (χ2v) is 12.3. The monoisotopic (exact) mass is 507 g/mol. The third-order valence-electron chi connectivity index (χ3n) is 10.3. The van der Waals surface area contributed by atoms with Gasteiger partial charge in [0.15, 0.2) is 0 Å². The number of pyridine rings is 1. The summed E-state index contributed by atoms with van der Waals surface area (Å²) in [5.74, 6) is 2.20. The highest BCUT2D eigenvalue weighted by atomic mass is 15.0. The first-order valence-electron chi connectivity index (χ1n) is 14.7. The van der Waals surface area contributed by atoms with Crippen molar-refractivity contribution in [1.29, 1.82) is 0 Å². The average molecular weight is 508 g/mol.